The molecule has 2 N–H and O–H groups in total. The van der Waals surface area contributed by atoms with E-state index in [0.29, 0.717) is 10.8 Å². The number of thiazole rings is 1. The topological polar surface area (TPSA) is 79.3 Å². The first-order valence-electron chi connectivity index (χ1n) is 6.90. The number of amides is 1. The maximum atomic E-state index is 12.9. The summed E-state index contributed by atoms with van der Waals surface area (Å²) in [6, 6.07) is 11.8. The Kier molecular flexibility index (Phi) is 4.35. The molecule has 0 radical (unpaired) electrons. The monoisotopic (exact) mass is 342 g/mol. The summed E-state index contributed by atoms with van der Waals surface area (Å²) in [5.74, 6) is -2.06. The summed E-state index contributed by atoms with van der Waals surface area (Å²) >= 11 is 1.20. The van der Waals surface area contributed by atoms with Crippen LogP contribution in [0.15, 0.2) is 53.9 Å². The Labute approximate surface area is 140 Å². The van der Waals surface area contributed by atoms with E-state index in [9.17, 15) is 14.0 Å². The van der Waals surface area contributed by atoms with E-state index < -0.39 is 11.9 Å². The molecule has 0 unspecified atom stereocenters. The molecule has 0 aliphatic carbocycles. The number of anilines is 1. The molecule has 3 rings (SSSR count). The first-order valence-corrected chi connectivity index (χ1v) is 7.77. The number of benzene rings is 2. The van der Waals surface area contributed by atoms with Gasteiger partial charge in [-0.2, -0.15) is 0 Å². The Bertz CT molecular complexity index is 906. The zero-order valence-electron chi connectivity index (χ0n) is 12.2. The number of carboxylic acids is 1. The molecule has 0 aliphatic heterocycles. The molecule has 1 aromatic heterocycles. The van der Waals surface area contributed by atoms with Crippen LogP contribution >= 0.6 is 11.3 Å². The number of halogens is 1. The third kappa shape index (κ3) is 3.31. The van der Waals surface area contributed by atoms with Gasteiger partial charge in [-0.05, 0) is 36.4 Å². The maximum Gasteiger partial charge on any atom is 0.336 e. The minimum absolute atomic E-state index is 0.0588. The lowest BCUT2D eigenvalue weighted by molar-refractivity contribution is 0.0692. The molecule has 0 aliphatic rings. The van der Waals surface area contributed by atoms with Gasteiger partial charge in [0.15, 0.2) is 5.13 Å². The van der Waals surface area contributed by atoms with Gasteiger partial charge in [-0.3, -0.25) is 10.1 Å². The van der Waals surface area contributed by atoms with Crippen molar-refractivity contribution in [1.29, 1.82) is 0 Å². The van der Waals surface area contributed by atoms with Crippen LogP contribution in [0, 0.1) is 5.82 Å². The standard InChI is InChI=1S/C17H11FN2O3S/c18-11-7-5-10(6-8-11)14-9-24-17(19-14)20-15(21)12-3-1-2-4-13(12)16(22)23/h1-9H,(H,22,23)(H,19,20,21). The van der Waals surface area contributed by atoms with Crippen molar-refractivity contribution in [1.82, 2.24) is 4.98 Å². The average Bonchev–Trinajstić information content (AvgIpc) is 3.04. The van der Waals surface area contributed by atoms with E-state index >= 15 is 0 Å². The van der Waals surface area contributed by atoms with E-state index in [0.717, 1.165) is 5.56 Å². The van der Waals surface area contributed by atoms with Crippen LogP contribution in [-0.2, 0) is 0 Å². The van der Waals surface area contributed by atoms with Gasteiger partial charge >= 0.3 is 5.97 Å². The van der Waals surface area contributed by atoms with Crippen molar-refractivity contribution < 1.29 is 19.1 Å². The SMILES string of the molecule is O=C(O)c1ccccc1C(=O)Nc1nc(-c2ccc(F)cc2)cs1. The fourth-order valence-electron chi connectivity index (χ4n) is 2.12. The second-order valence-electron chi connectivity index (χ2n) is 4.85. The first kappa shape index (κ1) is 15.8. The van der Waals surface area contributed by atoms with Gasteiger partial charge < -0.3 is 5.11 Å². The number of carbonyl (C=O) groups excluding carboxylic acids is 1. The molecule has 3 aromatic rings. The molecule has 0 saturated carbocycles. The minimum atomic E-state index is -1.17. The molecule has 0 saturated heterocycles. The van der Waals surface area contributed by atoms with Gasteiger partial charge in [-0.15, -0.1) is 11.3 Å². The fraction of sp³-hybridized carbons (Fsp3) is 0. The van der Waals surface area contributed by atoms with Crippen molar-refractivity contribution in [3.8, 4) is 11.3 Å². The predicted molar refractivity (Wildman–Crippen MR) is 88.9 cm³/mol. The van der Waals surface area contributed by atoms with Gasteiger partial charge in [-0.1, -0.05) is 12.1 Å². The van der Waals surface area contributed by atoms with Crippen LogP contribution in [0.1, 0.15) is 20.7 Å². The first-order chi connectivity index (χ1) is 11.5. The summed E-state index contributed by atoms with van der Waals surface area (Å²) in [5, 5.41) is 13.8. The molecule has 0 bridgehead atoms. The van der Waals surface area contributed by atoms with Crippen LogP contribution in [0.3, 0.4) is 0 Å². The summed E-state index contributed by atoms with van der Waals surface area (Å²) in [5.41, 5.74) is 1.30. The average molecular weight is 342 g/mol. The lowest BCUT2D eigenvalue weighted by Crippen LogP contribution is -2.16. The summed E-state index contributed by atoms with van der Waals surface area (Å²) in [6.07, 6.45) is 0. The summed E-state index contributed by atoms with van der Waals surface area (Å²) < 4.78 is 12.9. The molecular formula is C17H11FN2O3S. The van der Waals surface area contributed by atoms with Crippen LogP contribution in [0.4, 0.5) is 9.52 Å². The molecule has 1 amide bonds. The lowest BCUT2D eigenvalue weighted by Gasteiger charge is -2.05. The van der Waals surface area contributed by atoms with Crippen molar-refractivity contribution in [2.24, 2.45) is 0 Å². The van der Waals surface area contributed by atoms with E-state index in [1.165, 1.54) is 35.6 Å². The van der Waals surface area contributed by atoms with E-state index in [4.69, 9.17) is 5.11 Å². The number of aromatic carboxylic acids is 1. The van der Waals surface area contributed by atoms with Gasteiger partial charge in [0, 0.05) is 10.9 Å². The van der Waals surface area contributed by atoms with Crippen LogP contribution in [0.2, 0.25) is 0 Å². The number of hydrogen-bond donors (Lipinski definition) is 2. The Hall–Kier alpha value is -3.06. The summed E-state index contributed by atoms with van der Waals surface area (Å²) in [4.78, 5) is 27.7. The predicted octanol–water partition coefficient (Wildman–Crippen LogP) is 3.90. The Morgan fingerprint density at radius 3 is 2.38 bits per heavy atom. The molecule has 24 heavy (non-hydrogen) atoms. The Balaban J connectivity index is 1.81. The van der Waals surface area contributed by atoms with Gasteiger partial charge in [0.2, 0.25) is 0 Å². The summed E-state index contributed by atoms with van der Waals surface area (Å²) in [7, 11) is 0. The van der Waals surface area contributed by atoms with E-state index in [1.807, 2.05) is 0 Å². The molecule has 5 nitrogen and oxygen atoms in total. The minimum Gasteiger partial charge on any atom is -0.478 e. The molecule has 0 fully saturated rings. The third-order valence-corrected chi connectivity index (χ3v) is 4.02. The number of aromatic nitrogens is 1. The number of carbonyl (C=O) groups is 2. The zero-order chi connectivity index (χ0) is 17.1. The van der Waals surface area contributed by atoms with Crippen molar-refractivity contribution in [3.63, 3.8) is 0 Å². The number of nitrogens with one attached hydrogen (secondary N) is 1. The van der Waals surface area contributed by atoms with E-state index in [1.54, 1.807) is 29.6 Å². The highest BCUT2D eigenvalue weighted by Gasteiger charge is 2.17. The maximum absolute atomic E-state index is 12.9. The number of carboxylic acid groups (broad SMARTS) is 1. The lowest BCUT2D eigenvalue weighted by atomic mass is 10.1. The molecule has 0 atom stereocenters. The van der Waals surface area contributed by atoms with Crippen LogP contribution in [0.25, 0.3) is 11.3 Å². The second-order valence-corrected chi connectivity index (χ2v) is 5.71. The highest BCUT2D eigenvalue weighted by atomic mass is 32.1. The largest absolute Gasteiger partial charge is 0.478 e. The van der Waals surface area contributed by atoms with Gasteiger partial charge in [0.1, 0.15) is 5.82 Å². The van der Waals surface area contributed by atoms with Crippen molar-refractivity contribution >= 4 is 28.3 Å². The molecule has 7 heteroatoms. The number of hydrogen-bond acceptors (Lipinski definition) is 4. The highest BCUT2D eigenvalue weighted by Crippen LogP contribution is 2.25. The Morgan fingerprint density at radius 2 is 1.71 bits per heavy atom. The van der Waals surface area contributed by atoms with Crippen LogP contribution in [0.5, 0.6) is 0 Å². The molecule has 2 aromatic carbocycles. The van der Waals surface area contributed by atoms with Crippen molar-refractivity contribution in [3.05, 3.63) is 70.9 Å². The molecular weight excluding hydrogens is 331 g/mol. The zero-order valence-corrected chi connectivity index (χ0v) is 13.0. The third-order valence-electron chi connectivity index (χ3n) is 3.27. The van der Waals surface area contributed by atoms with Gasteiger partial charge in [-0.25, -0.2) is 14.2 Å². The molecule has 1 heterocycles. The van der Waals surface area contributed by atoms with Crippen LogP contribution < -0.4 is 5.32 Å². The molecule has 120 valence electrons. The smallest absolute Gasteiger partial charge is 0.336 e. The Morgan fingerprint density at radius 1 is 1.04 bits per heavy atom. The van der Waals surface area contributed by atoms with E-state index in [-0.39, 0.29) is 16.9 Å². The highest BCUT2D eigenvalue weighted by molar-refractivity contribution is 7.14. The van der Waals surface area contributed by atoms with Crippen molar-refractivity contribution in [2.45, 2.75) is 0 Å². The molecule has 0 spiro atoms. The van der Waals surface area contributed by atoms with Crippen molar-refractivity contribution in [2.75, 3.05) is 5.32 Å². The van der Waals surface area contributed by atoms with E-state index in [2.05, 4.69) is 10.3 Å². The van der Waals surface area contributed by atoms with Crippen LogP contribution in [-0.4, -0.2) is 22.0 Å². The normalized spacial score (nSPS) is 10.4. The summed E-state index contributed by atoms with van der Waals surface area (Å²) in [6.45, 7) is 0. The van der Waals surface area contributed by atoms with Gasteiger partial charge in [0.05, 0.1) is 16.8 Å². The number of nitrogens with zero attached hydrogens (tertiary/aromatic N) is 1. The number of rotatable bonds is 4. The van der Waals surface area contributed by atoms with Gasteiger partial charge in [0.25, 0.3) is 5.91 Å². The second kappa shape index (κ2) is 6.59. The fourth-order valence-corrected chi connectivity index (χ4v) is 2.83. The quantitative estimate of drug-likeness (QED) is 0.754.